The van der Waals surface area contributed by atoms with Crippen molar-refractivity contribution in [3.05, 3.63) is 59.4 Å². The first-order valence-electron chi connectivity index (χ1n) is 6.85. The summed E-state index contributed by atoms with van der Waals surface area (Å²) in [4.78, 5) is 0. The third kappa shape index (κ3) is 4.25. The van der Waals surface area contributed by atoms with Gasteiger partial charge in [-0.1, -0.05) is 12.1 Å². The van der Waals surface area contributed by atoms with Crippen molar-refractivity contribution in [2.24, 2.45) is 0 Å². The molecule has 3 nitrogen and oxygen atoms in total. The van der Waals surface area contributed by atoms with E-state index in [-0.39, 0.29) is 5.54 Å². The maximum Gasteiger partial charge on any atom is 0.0991 e. The molecule has 0 spiro atoms. The summed E-state index contributed by atoms with van der Waals surface area (Å²) in [6, 6.07) is 12.0. The first kappa shape index (κ1) is 14.4. The molecule has 0 radical (unpaired) electrons. The van der Waals surface area contributed by atoms with Gasteiger partial charge in [0.05, 0.1) is 11.6 Å². The third-order valence-electron chi connectivity index (χ3n) is 3.08. The van der Waals surface area contributed by atoms with E-state index < -0.39 is 0 Å². The monoisotopic (exact) mass is 267 g/mol. The summed E-state index contributed by atoms with van der Waals surface area (Å²) in [5.74, 6) is 0. The van der Waals surface area contributed by atoms with Crippen LogP contribution >= 0.6 is 0 Å². The van der Waals surface area contributed by atoms with Crippen LogP contribution in [-0.2, 0) is 13.1 Å². The lowest BCUT2D eigenvalue weighted by molar-refractivity contribution is 0.424. The molecule has 1 aromatic carbocycles. The van der Waals surface area contributed by atoms with Crippen molar-refractivity contribution in [2.75, 3.05) is 0 Å². The molecule has 0 saturated carbocycles. The molecule has 0 aliphatic rings. The van der Waals surface area contributed by atoms with E-state index in [0.29, 0.717) is 5.56 Å². The van der Waals surface area contributed by atoms with Crippen molar-refractivity contribution in [1.82, 2.24) is 9.88 Å². The Hall–Kier alpha value is -2.05. The Kier molecular flexibility index (Phi) is 4.26. The minimum Gasteiger partial charge on any atom is -0.350 e. The van der Waals surface area contributed by atoms with Crippen LogP contribution in [0.15, 0.2) is 42.7 Å². The second kappa shape index (κ2) is 5.94. The highest BCUT2D eigenvalue weighted by Gasteiger charge is 2.08. The first-order valence-corrected chi connectivity index (χ1v) is 6.85. The fourth-order valence-electron chi connectivity index (χ4n) is 1.96. The molecule has 0 fully saturated rings. The number of hydrogen-bond donors (Lipinski definition) is 1. The average molecular weight is 267 g/mol. The van der Waals surface area contributed by atoms with E-state index in [2.05, 4.69) is 55.2 Å². The Labute approximate surface area is 120 Å². The van der Waals surface area contributed by atoms with Crippen LogP contribution in [0.25, 0.3) is 0 Å². The summed E-state index contributed by atoms with van der Waals surface area (Å²) >= 11 is 0. The first-order chi connectivity index (χ1) is 9.46. The van der Waals surface area contributed by atoms with Crippen molar-refractivity contribution in [2.45, 2.75) is 39.4 Å². The van der Waals surface area contributed by atoms with Crippen LogP contribution in [0.2, 0.25) is 0 Å². The Balaban J connectivity index is 1.97. The zero-order valence-corrected chi connectivity index (χ0v) is 12.4. The third-order valence-corrected chi connectivity index (χ3v) is 3.08. The minimum absolute atomic E-state index is 0.134. The number of nitrogens with one attached hydrogen (secondary N) is 1. The number of nitriles is 1. The van der Waals surface area contributed by atoms with E-state index in [1.165, 1.54) is 11.1 Å². The highest BCUT2D eigenvalue weighted by molar-refractivity contribution is 5.31. The van der Waals surface area contributed by atoms with Crippen LogP contribution < -0.4 is 5.32 Å². The van der Waals surface area contributed by atoms with Gasteiger partial charge in [0.1, 0.15) is 0 Å². The molecule has 1 aromatic heterocycles. The standard InChI is InChI=1S/C17H21N3/c1-17(2,3)19-11-16-8-9-20(13-16)12-15-6-4-14(10-18)5-7-15/h4-9,13,19H,11-12H2,1-3H3. The summed E-state index contributed by atoms with van der Waals surface area (Å²) in [5, 5.41) is 12.3. The molecule has 0 bridgehead atoms. The largest absolute Gasteiger partial charge is 0.350 e. The Morgan fingerprint density at radius 1 is 1.10 bits per heavy atom. The van der Waals surface area contributed by atoms with Crippen LogP contribution in [-0.4, -0.2) is 10.1 Å². The van der Waals surface area contributed by atoms with Gasteiger partial charge in [0, 0.05) is 31.0 Å². The maximum absolute atomic E-state index is 8.78. The van der Waals surface area contributed by atoms with Crippen molar-refractivity contribution in [1.29, 1.82) is 5.26 Å². The molecular formula is C17H21N3. The average Bonchev–Trinajstić information content (AvgIpc) is 2.84. The summed E-state index contributed by atoms with van der Waals surface area (Å²) in [5.41, 5.74) is 3.33. The van der Waals surface area contributed by atoms with Gasteiger partial charge in [-0.2, -0.15) is 5.26 Å². The van der Waals surface area contributed by atoms with Crippen LogP contribution in [0.1, 0.15) is 37.5 Å². The van der Waals surface area contributed by atoms with Gasteiger partial charge in [0.15, 0.2) is 0 Å². The summed E-state index contributed by atoms with van der Waals surface area (Å²) in [6.07, 6.45) is 4.26. The van der Waals surface area contributed by atoms with E-state index in [0.717, 1.165) is 13.1 Å². The SMILES string of the molecule is CC(C)(C)NCc1ccn(Cc2ccc(C#N)cc2)c1. The molecule has 0 amide bonds. The van der Waals surface area contributed by atoms with Gasteiger partial charge < -0.3 is 9.88 Å². The zero-order valence-electron chi connectivity index (χ0n) is 12.4. The fourth-order valence-corrected chi connectivity index (χ4v) is 1.96. The predicted molar refractivity (Wildman–Crippen MR) is 81.3 cm³/mol. The van der Waals surface area contributed by atoms with Crippen molar-refractivity contribution in [3.63, 3.8) is 0 Å². The second-order valence-electron chi connectivity index (χ2n) is 6.10. The quantitative estimate of drug-likeness (QED) is 0.923. The van der Waals surface area contributed by atoms with E-state index >= 15 is 0 Å². The Bertz CT molecular complexity index is 594. The molecule has 2 aromatic rings. The Morgan fingerprint density at radius 3 is 2.40 bits per heavy atom. The topological polar surface area (TPSA) is 40.8 Å². The normalized spacial score (nSPS) is 11.3. The van der Waals surface area contributed by atoms with Gasteiger partial charge in [-0.05, 0) is 50.1 Å². The van der Waals surface area contributed by atoms with Gasteiger partial charge in [-0.3, -0.25) is 0 Å². The number of benzene rings is 1. The number of rotatable bonds is 4. The molecule has 0 atom stereocenters. The minimum atomic E-state index is 0.134. The molecular weight excluding hydrogens is 246 g/mol. The van der Waals surface area contributed by atoms with E-state index in [4.69, 9.17) is 5.26 Å². The van der Waals surface area contributed by atoms with Gasteiger partial charge in [0.25, 0.3) is 0 Å². The van der Waals surface area contributed by atoms with Crippen LogP contribution in [0.4, 0.5) is 0 Å². The second-order valence-corrected chi connectivity index (χ2v) is 6.10. The lowest BCUT2D eigenvalue weighted by Gasteiger charge is -2.19. The van der Waals surface area contributed by atoms with Gasteiger partial charge in [-0.15, -0.1) is 0 Å². The van der Waals surface area contributed by atoms with Gasteiger partial charge >= 0.3 is 0 Å². The molecule has 1 N–H and O–H groups in total. The van der Waals surface area contributed by atoms with Crippen LogP contribution in [0, 0.1) is 11.3 Å². The van der Waals surface area contributed by atoms with Crippen LogP contribution in [0.3, 0.4) is 0 Å². The summed E-state index contributed by atoms with van der Waals surface area (Å²) in [6.45, 7) is 8.22. The number of aromatic nitrogens is 1. The number of nitrogens with zero attached hydrogens (tertiary/aromatic N) is 2. The zero-order chi connectivity index (χ0) is 14.6. The molecule has 1 heterocycles. The molecule has 0 unspecified atom stereocenters. The van der Waals surface area contributed by atoms with E-state index in [1.54, 1.807) is 0 Å². The molecule has 104 valence electrons. The molecule has 3 heteroatoms. The van der Waals surface area contributed by atoms with Crippen LogP contribution in [0.5, 0.6) is 0 Å². The van der Waals surface area contributed by atoms with Crippen molar-refractivity contribution in [3.8, 4) is 6.07 Å². The molecule has 0 aliphatic carbocycles. The molecule has 0 saturated heterocycles. The fraction of sp³-hybridized carbons (Fsp3) is 0.353. The van der Waals surface area contributed by atoms with E-state index in [1.807, 2.05) is 24.3 Å². The van der Waals surface area contributed by atoms with Crippen molar-refractivity contribution >= 4 is 0 Å². The predicted octanol–water partition coefficient (Wildman–Crippen LogP) is 3.30. The molecule has 20 heavy (non-hydrogen) atoms. The highest BCUT2D eigenvalue weighted by atomic mass is 15.0. The lowest BCUT2D eigenvalue weighted by atomic mass is 10.1. The summed E-state index contributed by atoms with van der Waals surface area (Å²) < 4.78 is 2.17. The smallest absolute Gasteiger partial charge is 0.0991 e. The lowest BCUT2D eigenvalue weighted by Crippen LogP contribution is -2.34. The molecule has 2 rings (SSSR count). The van der Waals surface area contributed by atoms with Crippen molar-refractivity contribution < 1.29 is 0 Å². The molecule has 0 aliphatic heterocycles. The highest BCUT2D eigenvalue weighted by Crippen LogP contribution is 2.09. The summed E-state index contributed by atoms with van der Waals surface area (Å²) in [7, 11) is 0. The Morgan fingerprint density at radius 2 is 1.80 bits per heavy atom. The maximum atomic E-state index is 8.78. The van der Waals surface area contributed by atoms with Gasteiger partial charge in [0.2, 0.25) is 0 Å². The van der Waals surface area contributed by atoms with Gasteiger partial charge in [-0.25, -0.2) is 0 Å². The number of hydrogen-bond acceptors (Lipinski definition) is 2. The van der Waals surface area contributed by atoms with E-state index in [9.17, 15) is 0 Å².